The van der Waals surface area contributed by atoms with Crippen LogP contribution in [0.1, 0.15) is 97.9 Å². The van der Waals surface area contributed by atoms with Gasteiger partial charge in [0.1, 0.15) is 0 Å². The second-order valence-corrected chi connectivity index (χ2v) is 68.5. The third kappa shape index (κ3) is 3.43. The molecule has 4 aromatic rings. The average molecular weight is 674 g/mol. The van der Waals surface area contributed by atoms with Gasteiger partial charge in [-0.25, -0.2) is 0 Å². The van der Waals surface area contributed by atoms with Gasteiger partial charge in [0.25, 0.3) is 0 Å². The zero-order valence-electron chi connectivity index (χ0n) is 28.1. The molecular weight excluding hydrogens is 624 g/mol. The standard InChI is InChI=1S/2C16H12.2C4H9.2CH3.H2Si.Zr/c2*1-10-7-13-9-12-6-5-11-3-2-4-14(16(11)12)15(13)8-10;2*1-3-4-2;;;;/h2*2-4,8-9H,5-6H2,1H3;2*1,3-4H2,2H3;2*1H3;1H2;. The van der Waals surface area contributed by atoms with Crippen LogP contribution in [-0.4, -0.2) is 13.3 Å². The fourth-order valence-corrected chi connectivity index (χ4v) is 50.2. The molecule has 0 nitrogen and oxygen atoms in total. The van der Waals surface area contributed by atoms with Crippen molar-refractivity contribution in [3.05, 3.63) is 104 Å². The van der Waals surface area contributed by atoms with Crippen LogP contribution in [-0.2, 0) is 39.1 Å². The fourth-order valence-electron chi connectivity index (χ4n) is 12.2. The van der Waals surface area contributed by atoms with Crippen molar-refractivity contribution in [1.29, 1.82) is 0 Å². The van der Waals surface area contributed by atoms with Gasteiger partial charge in [-0.2, -0.15) is 0 Å². The maximum atomic E-state index is 2.95. The summed E-state index contributed by atoms with van der Waals surface area (Å²) in [4.78, 5) is 0. The number of rotatable bonds is 6. The molecule has 0 radical (unpaired) electrons. The van der Waals surface area contributed by atoms with E-state index in [9.17, 15) is 0 Å². The van der Waals surface area contributed by atoms with Crippen LogP contribution in [0.25, 0.3) is 33.7 Å². The third-order valence-electron chi connectivity index (χ3n) is 13.7. The summed E-state index contributed by atoms with van der Waals surface area (Å²) in [6, 6.07) is 19.6. The van der Waals surface area contributed by atoms with E-state index in [-0.39, 0.29) is 0 Å². The van der Waals surface area contributed by atoms with E-state index >= 15 is 0 Å². The van der Waals surface area contributed by atoms with Gasteiger partial charge in [0.05, 0.1) is 0 Å². The Bertz CT molecular complexity index is 2310. The van der Waals surface area contributed by atoms with Gasteiger partial charge in [0, 0.05) is 0 Å². The van der Waals surface area contributed by atoms with Gasteiger partial charge >= 0.3 is 261 Å². The number of hydrogen-bond donors (Lipinski definition) is 0. The molecule has 0 aliphatic heterocycles. The van der Waals surface area contributed by atoms with Crippen LogP contribution >= 0.6 is 0 Å². The minimum atomic E-state index is -5.18. The van der Waals surface area contributed by atoms with E-state index in [2.05, 4.69) is 105 Å². The number of unbranched alkanes of at least 4 members (excludes halogenated alkanes) is 2. The Kier molecular flexibility index (Phi) is 5.66. The van der Waals surface area contributed by atoms with E-state index in [0.29, 0.717) is 0 Å². The molecule has 0 amide bonds. The maximum absolute atomic E-state index is 5.18. The molecule has 4 aliphatic rings. The second kappa shape index (κ2) is 8.54. The molecule has 0 bridgehead atoms. The van der Waals surface area contributed by atoms with Crippen molar-refractivity contribution in [2.45, 2.75) is 96.6 Å². The first-order chi connectivity index (χ1) is 20.9. The van der Waals surface area contributed by atoms with Gasteiger partial charge in [-0.05, 0) is 0 Å². The van der Waals surface area contributed by atoms with Crippen molar-refractivity contribution < 1.29 is 13.5 Å². The fraction of sp³-hybridized carbons (Fsp3) is 0.381. The van der Waals surface area contributed by atoms with E-state index in [1.54, 1.807) is 61.7 Å². The van der Waals surface area contributed by atoms with Gasteiger partial charge in [-0.3, -0.25) is 0 Å². The molecule has 0 aromatic heterocycles. The number of allylic oxidation sites excluding steroid dienone is 2. The summed E-state index contributed by atoms with van der Waals surface area (Å²) in [6.45, 7) is 12.4. The van der Waals surface area contributed by atoms with E-state index in [1.165, 1.54) is 81.5 Å². The quantitative estimate of drug-likeness (QED) is 0.179. The summed E-state index contributed by atoms with van der Waals surface area (Å²) in [5.74, 6) is 0. The van der Waals surface area contributed by atoms with E-state index in [1.807, 2.05) is 0 Å². The van der Waals surface area contributed by atoms with Crippen LogP contribution in [0.2, 0.25) is 17.5 Å². The summed E-state index contributed by atoms with van der Waals surface area (Å²) >= 11 is -5.18. The molecule has 0 heterocycles. The Morgan fingerprint density at radius 1 is 0.614 bits per heavy atom. The molecule has 0 N–H and O–H groups in total. The molecule has 0 fully saturated rings. The molecule has 4 aromatic carbocycles. The summed E-state index contributed by atoms with van der Waals surface area (Å²) < 4.78 is 12.1. The molecule has 0 atom stereocenters. The third-order valence-corrected chi connectivity index (χ3v) is 49.3. The predicted octanol–water partition coefficient (Wildman–Crippen LogP) is 10.6. The van der Waals surface area contributed by atoms with Crippen LogP contribution in [0.15, 0.2) is 59.7 Å². The summed E-state index contributed by atoms with van der Waals surface area (Å²) in [6.07, 6.45) is 15.0. The van der Waals surface area contributed by atoms with E-state index in [0.717, 1.165) is 0 Å². The normalized spacial score (nSPS) is 18.0. The summed E-state index contributed by atoms with van der Waals surface area (Å²) in [7, 11) is 0. The molecule has 0 unspecified atom stereocenters. The number of benzene rings is 4. The second-order valence-electron chi connectivity index (χ2n) is 17.8. The van der Waals surface area contributed by atoms with Crippen molar-refractivity contribution in [3.8, 4) is 0 Å². The Hall–Kier alpha value is -2.28. The van der Waals surface area contributed by atoms with Gasteiger partial charge in [-0.1, -0.05) is 0 Å². The molecule has 0 saturated heterocycles. The van der Waals surface area contributed by atoms with E-state index in [4.69, 9.17) is 0 Å². The van der Waals surface area contributed by atoms with Crippen molar-refractivity contribution in [3.63, 3.8) is 0 Å². The molecule has 2 heteroatoms. The molecule has 4 aliphatic carbocycles. The van der Waals surface area contributed by atoms with Gasteiger partial charge in [0.2, 0.25) is 0 Å². The van der Waals surface area contributed by atoms with Crippen molar-refractivity contribution in [1.82, 2.24) is 0 Å². The summed E-state index contributed by atoms with van der Waals surface area (Å²) in [5, 5.41) is 6.11. The molecule has 44 heavy (non-hydrogen) atoms. The number of fused-ring (bicyclic) bond motifs is 4. The average Bonchev–Trinajstić information content (AvgIpc) is 3.77. The van der Waals surface area contributed by atoms with Crippen LogP contribution in [0.5, 0.6) is 0 Å². The Morgan fingerprint density at radius 3 is 1.43 bits per heavy atom. The molecule has 8 rings (SSSR count). The first kappa shape index (κ1) is 29.1. The molecule has 0 saturated carbocycles. The van der Waals surface area contributed by atoms with Crippen molar-refractivity contribution >= 4 is 47.0 Å². The van der Waals surface area contributed by atoms with Crippen LogP contribution < -0.4 is 0 Å². The monoisotopic (exact) mass is 672 g/mol. The van der Waals surface area contributed by atoms with Gasteiger partial charge < -0.3 is 0 Å². The van der Waals surface area contributed by atoms with Crippen LogP contribution in [0.3, 0.4) is 0 Å². The molecule has 226 valence electrons. The first-order valence-electron chi connectivity index (χ1n) is 17.7. The summed E-state index contributed by atoms with van der Waals surface area (Å²) in [5.41, 5.74) is 15.6. The molecular formula is C42H50SiZr. The zero-order chi connectivity index (χ0) is 30.8. The number of hydrogen-bond acceptors (Lipinski definition) is 0. The van der Waals surface area contributed by atoms with Crippen LogP contribution in [0, 0.1) is 0 Å². The Balaban J connectivity index is 1.69. The Labute approximate surface area is 259 Å². The minimum absolute atomic E-state index is 1.18. The van der Waals surface area contributed by atoms with Crippen LogP contribution in [0.4, 0.5) is 0 Å². The SMILES string of the molecule is CCC[CH2][Zr]([CH3])([CH3])(=[SiH2])([CH2]CCC)(=[C]1C(C)=Cc2c1cc1c3c(cccc23)CC1)=[C]1C(C)=Cc2c1cc1c3c(cccc23)CC1. The molecule has 0 spiro atoms. The van der Waals surface area contributed by atoms with Gasteiger partial charge in [-0.15, -0.1) is 0 Å². The van der Waals surface area contributed by atoms with E-state index < -0.39 is 13.5 Å². The number of aryl methyl sites for hydroxylation is 4. The van der Waals surface area contributed by atoms with Gasteiger partial charge in [0.15, 0.2) is 0 Å². The Morgan fingerprint density at radius 2 is 1.02 bits per heavy atom. The van der Waals surface area contributed by atoms with Crippen molar-refractivity contribution in [2.24, 2.45) is 0 Å². The predicted molar refractivity (Wildman–Crippen MR) is 198 cm³/mol. The topological polar surface area (TPSA) is 0 Å². The van der Waals surface area contributed by atoms with Crippen molar-refractivity contribution in [2.75, 3.05) is 0 Å². The zero-order valence-corrected chi connectivity index (χ0v) is 31.9. The first-order valence-corrected chi connectivity index (χ1v) is 34.5.